The van der Waals surface area contributed by atoms with E-state index in [9.17, 15) is 4.79 Å². The predicted octanol–water partition coefficient (Wildman–Crippen LogP) is 3.43. The van der Waals surface area contributed by atoms with Crippen LogP contribution in [0.5, 0.6) is 0 Å². The molecular formula is C18H27NO2. The minimum absolute atomic E-state index is 0.0610. The van der Waals surface area contributed by atoms with Crippen molar-refractivity contribution in [1.29, 1.82) is 0 Å². The first-order valence-corrected chi connectivity index (χ1v) is 8.23. The van der Waals surface area contributed by atoms with Crippen LogP contribution in [0.15, 0.2) is 30.3 Å². The van der Waals surface area contributed by atoms with Crippen molar-refractivity contribution in [2.45, 2.75) is 51.5 Å². The minimum Gasteiger partial charge on any atom is -0.466 e. The van der Waals surface area contributed by atoms with Gasteiger partial charge in [0.05, 0.1) is 6.61 Å². The number of nitrogens with zero attached hydrogens (tertiary/aromatic N) is 1. The molecule has 116 valence electrons. The first-order valence-electron chi connectivity index (χ1n) is 8.23. The lowest BCUT2D eigenvalue weighted by Gasteiger charge is -2.36. The van der Waals surface area contributed by atoms with Crippen LogP contribution in [0.1, 0.15) is 44.6 Å². The number of hydrogen-bond acceptors (Lipinski definition) is 3. The van der Waals surface area contributed by atoms with Gasteiger partial charge in [0.2, 0.25) is 0 Å². The van der Waals surface area contributed by atoms with Crippen LogP contribution >= 0.6 is 0 Å². The van der Waals surface area contributed by atoms with Crippen LogP contribution in [0.3, 0.4) is 0 Å². The maximum atomic E-state index is 11.4. The maximum absolute atomic E-state index is 11.4. The van der Waals surface area contributed by atoms with E-state index in [1.165, 1.54) is 31.4 Å². The average molecular weight is 289 g/mol. The van der Waals surface area contributed by atoms with E-state index in [2.05, 4.69) is 35.2 Å². The molecule has 3 heteroatoms. The lowest BCUT2D eigenvalue weighted by molar-refractivity contribution is -0.143. The summed E-state index contributed by atoms with van der Waals surface area (Å²) in [7, 11) is 0. The summed E-state index contributed by atoms with van der Waals surface area (Å²) >= 11 is 0. The quantitative estimate of drug-likeness (QED) is 0.720. The molecule has 1 atom stereocenters. The van der Waals surface area contributed by atoms with Crippen LogP contribution in [0.2, 0.25) is 0 Å². The van der Waals surface area contributed by atoms with Crippen molar-refractivity contribution in [2.24, 2.45) is 0 Å². The SMILES string of the molecule is CCOC(=O)CCCN1CCCCC1Cc1ccccc1. The number of esters is 1. The number of benzene rings is 1. The molecule has 1 saturated heterocycles. The summed E-state index contributed by atoms with van der Waals surface area (Å²) in [5, 5.41) is 0. The monoisotopic (exact) mass is 289 g/mol. The van der Waals surface area contributed by atoms with E-state index < -0.39 is 0 Å². The zero-order chi connectivity index (χ0) is 14.9. The Balaban J connectivity index is 1.80. The molecule has 1 fully saturated rings. The molecular weight excluding hydrogens is 262 g/mol. The van der Waals surface area contributed by atoms with Crippen LogP contribution in [0, 0.1) is 0 Å². The van der Waals surface area contributed by atoms with Crippen molar-refractivity contribution in [3.63, 3.8) is 0 Å². The average Bonchev–Trinajstić information content (AvgIpc) is 2.50. The molecule has 1 unspecified atom stereocenters. The molecule has 1 aliphatic heterocycles. The summed E-state index contributed by atoms with van der Waals surface area (Å²) in [4.78, 5) is 14.0. The molecule has 21 heavy (non-hydrogen) atoms. The number of carbonyl (C=O) groups is 1. The number of ether oxygens (including phenoxy) is 1. The van der Waals surface area contributed by atoms with Crippen molar-refractivity contribution in [2.75, 3.05) is 19.7 Å². The molecule has 2 rings (SSSR count). The van der Waals surface area contributed by atoms with Crippen LogP contribution in [-0.2, 0) is 16.0 Å². The van der Waals surface area contributed by atoms with E-state index >= 15 is 0 Å². The van der Waals surface area contributed by atoms with Gasteiger partial charge in [0.15, 0.2) is 0 Å². The lowest BCUT2D eigenvalue weighted by atomic mass is 9.95. The van der Waals surface area contributed by atoms with Crippen molar-refractivity contribution < 1.29 is 9.53 Å². The highest BCUT2D eigenvalue weighted by atomic mass is 16.5. The van der Waals surface area contributed by atoms with Gasteiger partial charge in [-0.25, -0.2) is 0 Å². The van der Waals surface area contributed by atoms with E-state index in [0.717, 1.165) is 19.4 Å². The van der Waals surface area contributed by atoms with Gasteiger partial charge in [0.25, 0.3) is 0 Å². The van der Waals surface area contributed by atoms with Gasteiger partial charge in [-0.2, -0.15) is 0 Å². The molecule has 0 radical (unpaired) electrons. The number of piperidine rings is 1. The molecule has 1 aliphatic rings. The minimum atomic E-state index is -0.0610. The molecule has 1 heterocycles. The second kappa shape index (κ2) is 8.83. The third-order valence-corrected chi connectivity index (χ3v) is 4.19. The molecule has 0 spiro atoms. The van der Waals surface area contributed by atoms with E-state index in [-0.39, 0.29) is 5.97 Å². The van der Waals surface area contributed by atoms with Gasteiger partial charge < -0.3 is 9.64 Å². The van der Waals surface area contributed by atoms with Crippen molar-refractivity contribution in [1.82, 2.24) is 4.90 Å². The Kier molecular flexibility index (Phi) is 6.74. The zero-order valence-corrected chi connectivity index (χ0v) is 13.1. The highest BCUT2D eigenvalue weighted by molar-refractivity contribution is 5.69. The van der Waals surface area contributed by atoms with Gasteiger partial charge in [-0.3, -0.25) is 4.79 Å². The highest BCUT2D eigenvalue weighted by Gasteiger charge is 2.22. The van der Waals surface area contributed by atoms with Crippen LogP contribution in [0.25, 0.3) is 0 Å². The number of hydrogen-bond donors (Lipinski definition) is 0. The molecule has 1 aromatic rings. The van der Waals surface area contributed by atoms with Crippen molar-refractivity contribution in [3.05, 3.63) is 35.9 Å². The van der Waals surface area contributed by atoms with Gasteiger partial charge in [0, 0.05) is 12.5 Å². The van der Waals surface area contributed by atoms with Crippen molar-refractivity contribution in [3.8, 4) is 0 Å². The Bertz CT molecular complexity index is 418. The second-order valence-corrected chi connectivity index (χ2v) is 5.78. The Labute approximate surface area is 128 Å². The number of likely N-dealkylation sites (tertiary alicyclic amines) is 1. The lowest BCUT2D eigenvalue weighted by Crippen LogP contribution is -2.41. The van der Waals surface area contributed by atoms with E-state index in [1.807, 2.05) is 6.92 Å². The Morgan fingerprint density at radius 2 is 2.10 bits per heavy atom. The summed E-state index contributed by atoms with van der Waals surface area (Å²) in [6.45, 7) is 4.52. The highest BCUT2D eigenvalue weighted by Crippen LogP contribution is 2.21. The molecule has 0 saturated carbocycles. The molecule has 0 amide bonds. The Morgan fingerprint density at radius 1 is 1.29 bits per heavy atom. The molecule has 1 aromatic carbocycles. The topological polar surface area (TPSA) is 29.5 Å². The fraction of sp³-hybridized carbons (Fsp3) is 0.611. The van der Waals surface area contributed by atoms with Gasteiger partial charge in [-0.15, -0.1) is 0 Å². The number of rotatable bonds is 7. The summed E-state index contributed by atoms with van der Waals surface area (Å²) in [6, 6.07) is 11.4. The Morgan fingerprint density at radius 3 is 2.86 bits per heavy atom. The second-order valence-electron chi connectivity index (χ2n) is 5.78. The van der Waals surface area contributed by atoms with E-state index in [4.69, 9.17) is 4.74 Å². The summed E-state index contributed by atoms with van der Waals surface area (Å²) in [6.07, 6.45) is 6.46. The predicted molar refractivity (Wildman–Crippen MR) is 85.2 cm³/mol. The fourth-order valence-electron chi connectivity index (χ4n) is 3.13. The summed E-state index contributed by atoms with van der Waals surface area (Å²) in [5.41, 5.74) is 1.42. The van der Waals surface area contributed by atoms with Crippen LogP contribution in [0.4, 0.5) is 0 Å². The molecule has 3 nitrogen and oxygen atoms in total. The fourth-order valence-corrected chi connectivity index (χ4v) is 3.13. The van der Waals surface area contributed by atoms with Gasteiger partial charge in [0.1, 0.15) is 0 Å². The normalized spacial score (nSPS) is 19.4. The maximum Gasteiger partial charge on any atom is 0.305 e. The van der Waals surface area contributed by atoms with Gasteiger partial charge >= 0.3 is 5.97 Å². The standard InChI is InChI=1S/C18H27NO2/c1-2-21-18(20)12-8-14-19-13-7-6-11-17(19)15-16-9-4-3-5-10-16/h3-5,9-10,17H,2,6-8,11-15H2,1H3. The van der Waals surface area contributed by atoms with Crippen LogP contribution < -0.4 is 0 Å². The first-order chi connectivity index (χ1) is 10.3. The smallest absolute Gasteiger partial charge is 0.305 e. The molecule has 0 aromatic heterocycles. The number of carbonyl (C=O) groups excluding carboxylic acids is 1. The third kappa shape index (κ3) is 5.50. The van der Waals surface area contributed by atoms with Gasteiger partial charge in [-0.05, 0) is 51.3 Å². The van der Waals surface area contributed by atoms with E-state index in [1.54, 1.807) is 0 Å². The van der Waals surface area contributed by atoms with Gasteiger partial charge in [-0.1, -0.05) is 36.8 Å². The molecule has 0 bridgehead atoms. The first kappa shape index (κ1) is 16.0. The largest absolute Gasteiger partial charge is 0.466 e. The van der Waals surface area contributed by atoms with Crippen LogP contribution in [-0.4, -0.2) is 36.6 Å². The molecule has 0 aliphatic carbocycles. The third-order valence-electron chi connectivity index (χ3n) is 4.19. The molecule has 0 N–H and O–H groups in total. The van der Waals surface area contributed by atoms with Crippen molar-refractivity contribution >= 4 is 5.97 Å². The van der Waals surface area contributed by atoms with E-state index in [0.29, 0.717) is 19.1 Å². The summed E-state index contributed by atoms with van der Waals surface area (Å²) in [5.74, 6) is -0.0610. The zero-order valence-electron chi connectivity index (χ0n) is 13.1. The summed E-state index contributed by atoms with van der Waals surface area (Å²) < 4.78 is 5.00. The Hall–Kier alpha value is -1.35.